The van der Waals surface area contributed by atoms with Gasteiger partial charge in [-0.25, -0.2) is 8.42 Å². The standard InChI is InChI=1S/C37H43N3O6S/c1-27-17-20-31(21-18-27)47(43,44)40(30-19-22-33(45-5)34(24-30)46-6)26-35(41)39(25-29-15-11-8-12-16-29)32(36(42)38-37(2,3)4)23-28-13-9-7-10-14-28/h7-22,24,32H,23,25-26H2,1-6H3,(H,38,42)/t32-/m0/s1. The molecule has 248 valence electrons. The zero-order valence-corrected chi connectivity index (χ0v) is 28.6. The molecule has 47 heavy (non-hydrogen) atoms. The zero-order valence-electron chi connectivity index (χ0n) is 27.8. The Bertz CT molecular complexity index is 1760. The Hall–Kier alpha value is -4.83. The Morgan fingerprint density at radius 2 is 1.36 bits per heavy atom. The maximum atomic E-state index is 14.6. The van der Waals surface area contributed by atoms with Crippen LogP contribution in [0.1, 0.15) is 37.5 Å². The number of carbonyl (C=O) groups excluding carboxylic acids is 2. The number of anilines is 1. The molecular weight excluding hydrogens is 614 g/mol. The highest BCUT2D eigenvalue weighted by Gasteiger charge is 2.36. The third-order valence-electron chi connectivity index (χ3n) is 7.51. The van der Waals surface area contributed by atoms with E-state index in [9.17, 15) is 18.0 Å². The number of nitrogens with one attached hydrogen (secondary N) is 1. The van der Waals surface area contributed by atoms with Crippen molar-refractivity contribution in [3.8, 4) is 11.5 Å². The highest BCUT2D eigenvalue weighted by molar-refractivity contribution is 7.92. The first-order chi connectivity index (χ1) is 22.3. The van der Waals surface area contributed by atoms with Crippen molar-refractivity contribution in [2.75, 3.05) is 25.1 Å². The first-order valence-corrected chi connectivity index (χ1v) is 16.8. The van der Waals surface area contributed by atoms with E-state index in [0.29, 0.717) is 11.5 Å². The molecule has 0 spiro atoms. The molecule has 0 saturated carbocycles. The molecule has 0 aromatic heterocycles. The van der Waals surface area contributed by atoms with Crippen LogP contribution >= 0.6 is 0 Å². The average Bonchev–Trinajstić information content (AvgIpc) is 3.05. The Balaban J connectivity index is 1.84. The van der Waals surface area contributed by atoms with E-state index in [4.69, 9.17) is 9.47 Å². The molecule has 0 radical (unpaired) electrons. The number of sulfonamides is 1. The minimum absolute atomic E-state index is 0.0200. The number of amides is 2. The molecular formula is C37H43N3O6S. The zero-order chi connectivity index (χ0) is 34.2. The van der Waals surface area contributed by atoms with Gasteiger partial charge in [0.15, 0.2) is 11.5 Å². The van der Waals surface area contributed by atoms with E-state index in [2.05, 4.69) is 5.32 Å². The van der Waals surface area contributed by atoms with Gasteiger partial charge in [0.05, 0.1) is 24.8 Å². The lowest BCUT2D eigenvalue weighted by Gasteiger charge is -2.35. The van der Waals surface area contributed by atoms with Crippen molar-refractivity contribution in [3.63, 3.8) is 0 Å². The van der Waals surface area contributed by atoms with Crippen molar-refractivity contribution in [2.24, 2.45) is 0 Å². The quantitative estimate of drug-likeness (QED) is 0.196. The van der Waals surface area contributed by atoms with Gasteiger partial charge in [-0.05, 0) is 63.1 Å². The molecule has 0 heterocycles. The van der Waals surface area contributed by atoms with Crippen molar-refractivity contribution < 1.29 is 27.5 Å². The summed E-state index contributed by atoms with van der Waals surface area (Å²) in [5.41, 5.74) is 2.17. The molecule has 0 unspecified atom stereocenters. The van der Waals surface area contributed by atoms with E-state index in [1.165, 1.54) is 37.3 Å². The molecule has 4 aromatic carbocycles. The van der Waals surface area contributed by atoms with Gasteiger partial charge in [0.25, 0.3) is 10.0 Å². The molecule has 10 heteroatoms. The summed E-state index contributed by atoms with van der Waals surface area (Å²) in [6.45, 7) is 7.00. The van der Waals surface area contributed by atoms with Gasteiger partial charge in [0, 0.05) is 24.6 Å². The van der Waals surface area contributed by atoms with Crippen LogP contribution in [0.15, 0.2) is 108 Å². The fraction of sp³-hybridized carbons (Fsp3) is 0.297. The van der Waals surface area contributed by atoms with Gasteiger partial charge in [-0.1, -0.05) is 78.4 Å². The third-order valence-corrected chi connectivity index (χ3v) is 9.30. The molecule has 0 saturated heterocycles. The van der Waals surface area contributed by atoms with Gasteiger partial charge in [-0.3, -0.25) is 13.9 Å². The molecule has 4 rings (SSSR count). The van der Waals surface area contributed by atoms with Gasteiger partial charge in [-0.15, -0.1) is 0 Å². The first kappa shape index (κ1) is 35.0. The Morgan fingerprint density at radius 1 is 0.787 bits per heavy atom. The highest BCUT2D eigenvalue weighted by atomic mass is 32.2. The second-order valence-corrected chi connectivity index (χ2v) is 14.2. The number of nitrogens with zero attached hydrogens (tertiary/aromatic N) is 2. The van der Waals surface area contributed by atoms with E-state index in [1.54, 1.807) is 24.3 Å². The SMILES string of the molecule is COc1ccc(N(CC(=O)N(Cc2ccccc2)[C@@H](Cc2ccccc2)C(=O)NC(C)(C)C)S(=O)(=O)c2ccc(C)cc2)cc1OC. The predicted molar refractivity (Wildman–Crippen MR) is 184 cm³/mol. The summed E-state index contributed by atoms with van der Waals surface area (Å²) in [5, 5.41) is 3.04. The molecule has 0 aliphatic heterocycles. The second-order valence-electron chi connectivity index (χ2n) is 12.3. The fourth-order valence-corrected chi connectivity index (χ4v) is 6.54. The van der Waals surface area contributed by atoms with E-state index in [0.717, 1.165) is 21.0 Å². The van der Waals surface area contributed by atoms with Crippen LogP contribution in [-0.2, 0) is 32.6 Å². The van der Waals surface area contributed by atoms with E-state index in [-0.39, 0.29) is 29.5 Å². The molecule has 2 amide bonds. The Labute approximate surface area is 278 Å². The molecule has 0 bridgehead atoms. The van der Waals surface area contributed by atoms with E-state index >= 15 is 0 Å². The molecule has 9 nitrogen and oxygen atoms in total. The van der Waals surface area contributed by atoms with Gasteiger partial charge in [0.2, 0.25) is 11.8 Å². The Morgan fingerprint density at radius 3 is 1.91 bits per heavy atom. The minimum Gasteiger partial charge on any atom is -0.493 e. The van der Waals surface area contributed by atoms with Crippen LogP contribution in [-0.4, -0.2) is 57.5 Å². The largest absolute Gasteiger partial charge is 0.493 e. The summed E-state index contributed by atoms with van der Waals surface area (Å²) in [7, 11) is -1.32. The monoisotopic (exact) mass is 657 g/mol. The lowest BCUT2D eigenvalue weighted by Crippen LogP contribution is -2.56. The number of benzene rings is 4. The number of methoxy groups -OCH3 is 2. The smallest absolute Gasteiger partial charge is 0.264 e. The molecule has 1 N–H and O–H groups in total. The van der Waals surface area contributed by atoms with E-state index < -0.39 is 34.1 Å². The maximum Gasteiger partial charge on any atom is 0.264 e. The van der Waals surface area contributed by atoms with Crippen LogP contribution in [0.2, 0.25) is 0 Å². The van der Waals surface area contributed by atoms with Crippen molar-refractivity contribution >= 4 is 27.5 Å². The number of carbonyl (C=O) groups is 2. The maximum absolute atomic E-state index is 14.6. The van der Waals surface area contributed by atoms with Crippen LogP contribution in [0.4, 0.5) is 5.69 Å². The lowest BCUT2D eigenvalue weighted by atomic mass is 10.0. The predicted octanol–water partition coefficient (Wildman–Crippen LogP) is 5.76. The number of ether oxygens (including phenoxy) is 2. The van der Waals surface area contributed by atoms with Crippen LogP contribution in [0, 0.1) is 6.92 Å². The van der Waals surface area contributed by atoms with Gasteiger partial charge in [-0.2, -0.15) is 0 Å². The Kier molecular flexibility index (Phi) is 11.3. The van der Waals surface area contributed by atoms with E-state index in [1.807, 2.05) is 88.4 Å². The summed E-state index contributed by atoms with van der Waals surface area (Å²) in [5.74, 6) is -0.189. The average molecular weight is 658 g/mol. The molecule has 4 aromatic rings. The van der Waals surface area contributed by atoms with Gasteiger partial charge in [0.1, 0.15) is 12.6 Å². The second kappa shape index (κ2) is 15.2. The van der Waals surface area contributed by atoms with Crippen molar-refractivity contribution in [1.29, 1.82) is 0 Å². The van der Waals surface area contributed by atoms with Crippen molar-refractivity contribution in [2.45, 2.75) is 57.1 Å². The van der Waals surface area contributed by atoms with Crippen molar-refractivity contribution in [3.05, 3.63) is 120 Å². The van der Waals surface area contributed by atoms with Crippen LogP contribution in [0.3, 0.4) is 0 Å². The summed E-state index contributed by atoms with van der Waals surface area (Å²) < 4.78 is 40.5. The fourth-order valence-electron chi connectivity index (χ4n) is 5.13. The molecule has 0 aliphatic carbocycles. The van der Waals surface area contributed by atoms with Gasteiger partial charge >= 0.3 is 0 Å². The van der Waals surface area contributed by atoms with Crippen LogP contribution in [0.25, 0.3) is 0 Å². The normalized spacial score (nSPS) is 12.1. The van der Waals surface area contributed by atoms with Crippen LogP contribution < -0.4 is 19.1 Å². The number of rotatable bonds is 13. The lowest BCUT2D eigenvalue weighted by molar-refractivity contribution is -0.140. The topological polar surface area (TPSA) is 105 Å². The van der Waals surface area contributed by atoms with Crippen LogP contribution in [0.5, 0.6) is 11.5 Å². The minimum atomic E-state index is -4.26. The summed E-state index contributed by atoms with van der Waals surface area (Å²) in [6.07, 6.45) is 0.225. The first-order valence-electron chi connectivity index (χ1n) is 15.3. The summed E-state index contributed by atoms with van der Waals surface area (Å²) in [6, 6.07) is 28.9. The summed E-state index contributed by atoms with van der Waals surface area (Å²) in [4.78, 5) is 30.1. The third kappa shape index (κ3) is 9.13. The molecule has 0 aliphatic rings. The number of hydrogen-bond acceptors (Lipinski definition) is 6. The number of hydrogen-bond donors (Lipinski definition) is 1. The van der Waals surface area contributed by atoms with Crippen molar-refractivity contribution in [1.82, 2.24) is 10.2 Å². The van der Waals surface area contributed by atoms with Gasteiger partial charge < -0.3 is 19.7 Å². The number of aryl methyl sites for hydroxylation is 1. The molecule has 0 fully saturated rings. The molecule has 1 atom stereocenters. The summed E-state index contributed by atoms with van der Waals surface area (Å²) >= 11 is 0. The highest BCUT2D eigenvalue weighted by Crippen LogP contribution is 2.34.